The van der Waals surface area contributed by atoms with Crippen molar-refractivity contribution in [3.8, 4) is 0 Å². The van der Waals surface area contributed by atoms with Gasteiger partial charge in [0, 0.05) is 5.54 Å². The van der Waals surface area contributed by atoms with Gasteiger partial charge in [0.25, 0.3) is 0 Å². The van der Waals surface area contributed by atoms with E-state index >= 15 is 0 Å². The molecule has 1 unspecified atom stereocenters. The second-order valence-electron chi connectivity index (χ2n) is 9.18. The van der Waals surface area contributed by atoms with Crippen molar-refractivity contribution in [3.05, 3.63) is 71.3 Å². The van der Waals surface area contributed by atoms with Crippen LogP contribution in [0.2, 0.25) is 0 Å². The molecule has 1 saturated heterocycles. The smallest absolute Gasteiger partial charge is 0.240 e. The number of halogens is 1. The minimum atomic E-state index is -0.342. The van der Waals surface area contributed by atoms with Crippen LogP contribution < -0.4 is 5.32 Å². The van der Waals surface area contributed by atoms with E-state index < -0.39 is 0 Å². The number of nitrogens with zero attached hydrogens (tertiary/aromatic N) is 1. The Balaban J connectivity index is 1.98. The van der Waals surface area contributed by atoms with Gasteiger partial charge in [-0.3, -0.25) is 9.59 Å². The van der Waals surface area contributed by atoms with Gasteiger partial charge in [-0.15, -0.1) is 0 Å². The fourth-order valence-electron chi connectivity index (χ4n) is 4.27. The first kappa shape index (κ1) is 22.5. The minimum Gasteiger partial charge on any atom is -0.350 e. The molecule has 0 radical (unpaired) electrons. The standard InChI is InChI=1S/C25H31BrN2O2/c1-17-10-8-9-13-20(17)19-14-21(26)24(30)28(16-23(29)27-25(2,3)4)22(15-19)18-11-6-5-7-12-18/h5-13,19,21-22H,14-16H2,1-4H3,(H,27,29)/t19-,21?,22+/m0/s1. The first-order chi connectivity index (χ1) is 14.2. The van der Waals surface area contributed by atoms with Gasteiger partial charge < -0.3 is 10.2 Å². The van der Waals surface area contributed by atoms with E-state index in [4.69, 9.17) is 0 Å². The van der Waals surface area contributed by atoms with Crippen molar-refractivity contribution in [1.29, 1.82) is 0 Å². The first-order valence-corrected chi connectivity index (χ1v) is 11.4. The molecule has 0 bridgehead atoms. The van der Waals surface area contributed by atoms with E-state index in [0.717, 1.165) is 12.0 Å². The molecule has 1 aliphatic rings. The number of alkyl halides is 1. The minimum absolute atomic E-state index is 0.0241. The van der Waals surface area contributed by atoms with Crippen LogP contribution in [0.4, 0.5) is 0 Å². The van der Waals surface area contributed by atoms with Crippen LogP contribution in [0, 0.1) is 6.92 Å². The highest BCUT2D eigenvalue weighted by molar-refractivity contribution is 9.10. The number of aryl methyl sites for hydroxylation is 1. The van der Waals surface area contributed by atoms with Gasteiger partial charge in [-0.1, -0.05) is 70.5 Å². The molecule has 0 saturated carbocycles. The Morgan fingerprint density at radius 2 is 1.70 bits per heavy atom. The molecule has 1 aliphatic heterocycles. The zero-order valence-corrected chi connectivity index (χ0v) is 19.8. The highest BCUT2D eigenvalue weighted by Gasteiger charge is 2.38. The van der Waals surface area contributed by atoms with E-state index in [1.54, 1.807) is 4.90 Å². The third kappa shape index (κ3) is 5.51. The van der Waals surface area contributed by atoms with Gasteiger partial charge in [-0.2, -0.15) is 0 Å². The first-order valence-electron chi connectivity index (χ1n) is 10.5. The predicted octanol–water partition coefficient (Wildman–Crippen LogP) is 5.12. The third-order valence-corrected chi connectivity index (χ3v) is 6.33. The molecule has 0 spiro atoms. The summed E-state index contributed by atoms with van der Waals surface area (Å²) >= 11 is 3.63. The lowest BCUT2D eigenvalue weighted by Gasteiger charge is -2.33. The molecule has 30 heavy (non-hydrogen) atoms. The maximum Gasteiger partial charge on any atom is 0.240 e. The summed E-state index contributed by atoms with van der Waals surface area (Å²) in [5, 5.41) is 3.00. The van der Waals surface area contributed by atoms with Crippen LogP contribution in [-0.4, -0.2) is 33.6 Å². The van der Waals surface area contributed by atoms with Crippen LogP contribution in [0.3, 0.4) is 0 Å². The Morgan fingerprint density at radius 1 is 1.07 bits per heavy atom. The van der Waals surface area contributed by atoms with Crippen LogP contribution in [-0.2, 0) is 9.59 Å². The number of rotatable bonds is 4. The van der Waals surface area contributed by atoms with Gasteiger partial charge in [-0.25, -0.2) is 0 Å². The zero-order valence-electron chi connectivity index (χ0n) is 18.2. The maximum absolute atomic E-state index is 13.4. The molecule has 3 atom stereocenters. The molecule has 2 aromatic carbocycles. The molecule has 5 heteroatoms. The number of hydrogen-bond donors (Lipinski definition) is 1. The highest BCUT2D eigenvalue weighted by atomic mass is 79.9. The van der Waals surface area contributed by atoms with E-state index in [1.165, 1.54) is 11.1 Å². The zero-order chi connectivity index (χ0) is 21.9. The number of hydrogen-bond acceptors (Lipinski definition) is 2. The SMILES string of the molecule is Cc1ccccc1[C@H]1CC(Br)C(=O)N(CC(=O)NC(C)(C)C)[C@@H](c2ccccc2)C1. The number of benzene rings is 2. The second kappa shape index (κ2) is 9.34. The molecule has 160 valence electrons. The van der Waals surface area contributed by atoms with Crippen molar-refractivity contribution in [3.63, 3.8) is 0 Å². The van der Waals surface area contributed by atoms with Gasteiger partial charge in [0.05, 0.1) is 10.9 Å². The maximum atomic E-state index is 13.4. The number of amides is 2. The summed E-state index contributed by atoms with van der Waals surface area (Å²) in [5.74, 6) is 0.0650. The van der Waals surface area contributed by atoms with E-state index in [2.05, 4.69) is 58.5 Å². The predicted molar refractivity (Wildman–Crippen MR) is 125 cm³/mol. The van der Waals surface area contributed by atoms with Crippen LogP contribution in [0.15, 0.2) is 54.6 Å². The van der Waals surface area contributed by atoms with Crippen LogP contribution in [0.25, 0.3) is 0 Å². The molecule has 0 aliphatic carbocycles. The summed E-state index contributed by atoms with van der Waals surface area (Å²) in [4.78, 5) is 27.6. The summed E-state index contributed by atoms with van der Waals surface area (Å²) in [6.45, 7) is 8.03. The van der Waals surface area contributed by atoms with Crippen LogP contribution in [0.1, 0.15) is 62.3 Å². The van der Waals surface area contributed by atoms with Gasteiger partial charge in [0.2, 0.25) is 11.8 Å². The largest absolute Gasteiger partial charge is 0.350 e. The molecule has 0 aromatic heterocycles. The molecule has 2 aromatic rings. The van der Waals surface area contributed by atoms with Crippen molar-refractivity contribution in [2.45, 2.75) is 62.9 Å². The van der Waals surface area contributed by atoms with Crippen LogP contribution >= 0.6 is 15.9 Å². The lowest BCUT2D eigenvalue weighted by molar-refractivity contribution is -0.138. The summed E-state index contributed by atoms with van der Waals surface area (Å²) in [6, 6.07) is 18.3. The van der Waals surface area contributed by atoms with Crippen molar-refractivity contribution < 1.29 is 9.59 Å². The number of carbonyl (C=O) groups excluding carboxylic acids is 2. The average Bonchev–Trinajstić information content (AvgIpc) is 2.79. The van der Waals surface area contributed by atoms with Gasteiger partial charge in [0.1, 0.15) is 6.54 Å². The van der Waals surface area contributed by atoms with E-state index in [-0.39, 0.29) is 40.7 Å². The molecule has 2 amide bonds. The fourth-order valence-corrected chi connectivity index (χ4v) is 4.98. The quantitative estimate of drug-likeness (QED) is 0.630. The Bertz CT molecular complexity index is 892. The lowest BCUT2D eigenvalue weighted by atomic mass is 9.85. The van der Waals surface area contributed by atoms with E-state index in [1.807, 2.05) is 45.0 Å². The number of nitrogens with one attached hydrogen (secondary N) is 1. The van der Waals surface area contributed by atoms with Crippen LogP contribution in [0.5, 0.6) is 0 Å². The van der Waals surface area contributed by atoms with E-state index in [9.17, 15) is 9.59 Å². The van der Waals surface area contributed by atoms with E-state index in [0.29, 0.717) is 6.42 Å². The van der Waals surface area contributed by atoms with Crippen molar-refractivity contribution >= 4 is 27.7 Å². The van der Waals surface area contributed by atoms with Gasteiger partial charge >= 0.3 is 0 Å². The summed E-state index contributed by atoms with van der Waals surface area (Å²) in [6.07, 6.45) is 1.50. The summed E-state index contributed by atoms with van der Waals surface area (Å²) in [7, 11) is 0. The lowest BCUT2D eigenvalue weighted by Crippen LogP contribution is -2.49. The molecule has 3 rings (SSSR count). The normalized spacial score (nSPS) is 22.5. The molecular formula is C25H31BrN2O2. The van der Waals surface area contributed by atoms with Crippen molar-refractivity contribution in [1.82, 2.24) is 10.2 Å². The Morgan fingerprint density at radius 3 is 2.33 bits per heavy atom. The van der Waals surface area contributed by atoms with Crippen molar-refractivity contribution in [2.75, 3.05) is 6.54 Å². The number of likely N-dealkylation sites (tertiary alicyclic amines) is 1. The molecule has 1 heterocycles. The fraction of sp³-hybridized carbons (Fsp3) is 0.440. The summed E-state index contributed by atoms with van der Waals surface area (Å²) in [5.41, 5.74) is 3.23. The Hall–Kier alpha value is -2.14. The van der Waals surface area contributed by atoms with Gasteiger partial charge in [-0.05, 0) is 63.1 Å². The topological polar surface area (TPSA) is 49.4 Å². The third-order valence-electron chi connectivity index (χ3n) is 5.57. The second-order valence-corrected chi connectivity index (χ2v) is 10.3. The van der Waals surface area contributed by atoms with Gasteiger partial charge in [0.15, 0.2) is 0 Å². The molecule has 1 N–H and O–H groups in total. The monoisotopic (exact) mass is 470 g/mol. The molecule has 4 nitrogen and oxygen atoms in total. The Labute approximate surface area is 188 Å². The molecule has 1 fully saturated rings. The average molecular weight is 471 g/mol. The summed E-state index contributed by atoms with van der Waals surface area (Å²) < 4.78 is 0. The van der Waals surface area contributed by atoms with Crippen molar-refractivity contribution in [2.24, 2.45) is 0 Å². The molecular weight excluding hydrogens is 440 g/mol. The Kier molecular flexibility index (Phi) is 7.02. The highest BCUT2D eigenvalue weighted by Crippen LogP contribution is 2.41. The number of carbonyl (C=O) groups is 2.